The van der Waals surface area contributed by atoms with Crippen molar-refractivity contribution in [3.8, 4) is 0 Å². The minimum atomic E-state index is -1.28. The average molecular weight is 208 g/mol. The Morgan fingerprint density at radius 1 is 1.40 bits per heavy atom. The first-order valence-corrected chi connectivity index (χ1v) is 3.30. The molecule has 0 saturated carbocycles. The zero-order valence-electron chi connectivity index (χ0n) is 5.16. The zero-order chi connectivity index (χ0) is 8.31. The van der Waals surface area contributed by atoms with Gasteiger partial charge in [0.15, 0.2) is 0 Å². The Labute approximate surface area is 65.4 Å². The van der Waals surface area contributed by atoms with E-state index in [4.69, 9.17) is 5.11 Å². The van der Waals surface area contributed by atoms with Crippen LogP contribution in [0.3, 0.4) is 0 Å². The third kappa shape index (κ3) is 2.29. The number of carbonyl (C=O) groups is 3. The van der Waals surface area contributed by atoms with Crippen molar-refractivity contribution in [2.24, 2.45) is 5.92 Å². The van der Waals surface area contributed by atoms with Crippen LogP contribution >= 0.6 is 0 Å². The van der Waals surface area contributed by atoms with E-state index in [9.17, 15) is 14.4 Å². The van der Waals surface area contributed by atoms with Crippen LogP contribution in [0.2, 0.25) is 0 Å². The molecule has 4 nitrogen and oxygen atoms in total. The molecule has 0 amide bonds. The molecule has 0 aliphatic carbocycles. The van der Waals surface area contributed by atoms with Crippen LogP contribution in [0, 0.1) is 5.92 Å². The van der Waals surface area contributed by atoms with Gasteiger partial charge >= 0.3 is 64.8 Å². The Bertz CT molecular complexity index is 186. The van der Waals surface area contributed by atoms with Gasteiger partial charge in [-0.1, -0.05) is 0 Å². The molecule has 0 fully saturated rings. The molecule has 0 aliphatic rings. The van der Waals surface area contributed by atoms with Crippen LogP contribution in [-0.2, 0) is 14.4 Å². The standard InChI is InChI=1S/C5H5O4Se/c1-2(4(7)8)3(6)5(9)10/h2H,1H3,(H,7,8). The molecule has 5 heteroatoms. The molecule has 1 N–H and O–H groups in total. The Morgan fingerprint density at radius 3 is 1.90 bits per heavy atom. The molecule has 0 bridgehead atoms. The van der Waals surface area contributed by atoms with E-state index in [2.05, 4.69) is 0 Å². The molecular weight excluding hydrogens is 203 g/mol. The van der Waals surface area contributed by atoms with Crippen LogP contribution in [0.4, 0.5) is 0 Å². The number of ketones is 1. The van der Waals surface area contributed by atoms with Crippen LogP contribution in [-0.4, -0.2) is 37.6 Å². The summed E-state index contributed by atoms with van der Waals surface area (Å²) >= 11 is 1.92. The molecule has 0 spiro atoms. The topological polar surface area (TPSA) is 71.4 Å². The van der Waals surface area contributed by atoms with E-state index in [1.807, 2.05) is 16.0 Å². The van der Waals surface area contributed by atoms with Gasteiger partial charge in [-0.3, -0.25) is 0 Å². The third-order valence-corrected chi connectivity index (χ3v) is 1.39. The first kappa shape index (κ1) is 9.33. The first-order valence-electron chi connectivity index (χ1n) is 2.44. The molecule has 0 aliphatic heterocycles. The number of aliphatic carboxylic acids is 1. The quantitative estimate of drug-likeness (QED) is 0.365. The summed E-state index contributed by atoms with van der Waals surface area (Å²) in [5.41, 5.74) is 0. The molecule has 0 rings (SSSR count). The second-order valence-corrected chi connectivity index (χ2v) is 2.49. The fourth-order valence-corrected chi connectivity index (χ4v) is 0.660. The summed E-state index contributed by atoms with van der Waals surface area (Å²) in [6.45, 7) is 1.17. The number of Topliss-reactive ketones (excluding diaryl/α,β-unsaturated/α-hetero) is 1. The Kier molecular flexibility index (Phi) is 3.25. The summed E-state index contributed by atoms with van der Waals surface area (Å²) in [6, 6.07) is 0. The number of carboxylic acids is 1. The predicted octanol–water partition coefficient (Wildman–Crippen LogP) is -1.03. The first-order chi connectivity index (χ1) is 4.46. The maximum atomic E-state index is 10.5. The van der Waals surface area contributed by atoms with Gasteiger partial charge in [-0.15, -0.1) is 0 Å². The van der Waals surface area contributed by atoms with E-state index in [0.717, 1.165) is 0 Å². The fourth-order valence-electron chi connectivity index (χ4n) is 0.289. The van der Waals surface area contributed by atoms with Gasteiger partial charge in [0.05, 0.1) is 0 Å². The van der Waals surface area contributed by atoms with Crippen molar-refractivity contribution in [1.82, 2.24) is 0 Å². The summed E-state index contributed by atoms with van der Waals surface area (Å²) in [5.74, 6) is -3.44. The van der Waals surface area contributed by atoms with E-state index in [1.165, 1.54) is 6.92 Å². The average Bonchev–Trinajstić information content (AvgIpc) is 1.84. The molecule has 0 aromatic heterocycles. The molecule has 1 unspecified atom stereocenters. The van der Waals surface area contributed by atoms with Gasteiger partial charge < -0.3 is 0 Å². The maximum absolute atomic E-state index is 10.5. The van der Waals surface area contributed by atoms with Gasteiger partial charge in [-0.05, 0) is 0 Å². The van der Waals surface area contributed by atoms with Crippen LogP contribution in [0.25, 0.3) is 0 Å². The molecule has 10 heavy (non-hydrogen) atoms. The van der Waals surface area contributed by atoms with Gasteiger partial charge in [0, 0.05) is 0 Å². The summed E-state index contributed by atoms with van der Waals surface area (Å²) in [7, 11) is 0. The van der Waals surface area contributed by atoms with Gasteiger partial charge in [-0.2, -0.15) is 0 Å². The number of hydrogen-bond acceptors (Lipinski definition) is 3. The SMILES string of the molecule is CC(C(=O)O)C(=O)C(=O)[Se]. The summed E-state index contributed by atoms with van der Waals surface area (Å²) in [4.78, 5) is 30.8. The molecule has 0 aromatic rings. The van der Waals surface area contributed by atoms with Crippen molar-refractivity contribution < 1.29 is 19.5 Å². The number of rotatable bonds is 3. The predicted molar refractivity (Wildman–Crippen MR) is 32.6 cm³/mol. The summed E-state index contributed by atoms with van der Waals surface area (Å²) in [5, 5.41) is 8.21. The van der Waals surface area contributed by atoms with E-state index < -0.39 is 22.4 Å². The fraction of sp³-hybridized carbons (Fsp3) is 0.400. The molecule has 0 heterocycles. The van der Waals surface area contributed by atoms with E-state index in [1.54, 1.807) is 0 Å². The second kappa shape index (κ2) is 3.49. The molecule has 55 valence electrons. The number of hydrogen-bond donors (Lipinski definition) is 1. The van der Waals surface area contributed by atoms with Crippen LogP contribution in [0.15, 0.2) is 0 Å². The van der Waals surface area contributed by atoms with Crippen molar-refractivity contribution >= 4 is 32.4 Å². The van der Waals surface area contributed by atoms with Crippen molar-refractivity contribution in [2.45, 2.75) is 6.92 Å². The molecule has 1 radical (unpaired) electrons. The molecule has 0 saturated heterocycles. The minimum absolute atomic E-state index is 0.838. The Hall–Kier alpha value is -0.671. The van der Waals surface area contributed by atoms with Crippen molar-refractivity contribution in [1.29, 1.82) is 0 Å². The van der Waals surface area contributed by atoms with Crippen molar-refractivity contribution in [2.75, 3.05) is 0 Å². The normalized spacial score (nSPS) is 12.1. The summed E-state index contributed by atoms with van der Waals surface area (Å²) in [6.07, 6.45) is 0. The van der Waals surface area contributed by atoms with E-state index >= 15 is 0 Å². The number of carboxylic acid groups (broad SMARTS) is 1. The molecular formula is C5H5O4Se. The van der Waals surface area contributed by atoms with Crippen LogP contribution in [0.1, 0.15) is 6.92 Å². The molecule has 0 aromatic carbocycles. The van der Waals surface area contributed by atoms with Crippen molar-refractivity contribution in [3.63, 3.8) is 0 Å². The summed E-state index contributed by atoms with van der Waals surface area (Å²) < 4.78 is -0.838. The van der Waals surface area contributed by atoms with Gasteiger partial charge in [-0.25, -0.2) is 0 Å². The van der Waals surface area contributed by atoms with E-state index in [0.29, 0.717) is 0 Å². The zero-order valence-corrected chi connectivity index (χ0v) is 6.87. The van der Waals surface area contributed by atoms with Gasteiger partial charge in [0.25, 0.3) is 0 Å². The molecule has 1 atom stereocenters. The third-order valence-electron chi connectivity index (χ3n) is 0.965. The Balaban J connectivity index is 4.22. The van der Waals surface area contributed by atoms with Crippen LogP contribution in [0.5, 0.6) is 0 Å². The van der Waals surface area contributed by atoms with Gasteiger partial charge in [0.1, 0.15) is 0 Å². The monoisotopic (exact) mass is 209 g/mol. The number of carbonyl (C=O) groups excluding carboxylic acids is 2. The van der Waals surface area contributed by atoms with E-state index in [-0.39, 0.29) is 0 Å². The van der Waals surface area contributed by atoms with Crippen molar-refractivity contribution in [3.05, 3.63) is 0 Å². The Morgan fingerprint density at radius 2 is 1.80 bits per heavy atom. The van der Waals surface area contributed by atoms with Crippen LogP contribution < -0.4 is 0 Å². The van der Waals surface area contributed by atoms with Gasteiger partial charge in [0.2, 0.25) is 0 Å². The second-order valence-electron chi connectivity index (χ2n) is 1.71.